The zero-order chi connectivity index (χ0) is 16.9. The molecule has 2 N–H and O–H groups in total. The standard InChI is InChI=1S/C17H23N5OS/c1-2-21-12-18-22(17(21)24)13-20-10-8-14(9-11-20)16(23)19-15-6-4-3-5-7-15/h3-7,12,14H,2,8-11,13H2,1H3,(H,19,23)/p+1. The van der Waals surface area contributed by atoms with Crippen molar-refractivity contribution in [1.82, 2.24) is 14.3 Å². The molecule has 6 nitrogen and oxygen atoms in total. The molecule has 1 aliphatic rings. The monoisotopic (exact) mass is 346 g/mol. The van der Waals surface area contributed by atoms with Crippen molar-refractivity contribution in [3.8, 4) is 0 Å². The predicted molar refractivity (Wildman–Crippen MR) is 95.2 cm³/mol. The van der Waals surface area contributed by atoms with Crippen molar-refractivity contribution in [2.45, 2.75) is 33.0 Å². The Balaban J connectivity index is 1.51. The van der Waals surface area contributed by atoms with Crippen LogP contribution >= 0.6 is 12.2 Å². The van der Waals surface area contributed by atoms with E-state index in [1.54, 1.807) is 6.33 Å². The Kier molecular flexibility index (Phi) is 5.42. The number of anilines is 1. The number of rotatable bonds is 5. The number of para-hydroxylation sites is 1. The Morgan fingerprint density at radius 1 is 1.33 bits per heavy atom. The van der Waals surface area contributed by atoms with Gasteiger partial charge in [0.2, 0.25) is 10.7 Å². The van der Waals surface area contributed by atoms with Gasteiger partial charge in [-0.2, -0.15) is 9.78 Å². The number of quaternary nitrogens is 1. The van der Waals surface area contributed by atoms with Crippen LogP contribution in [0.15, 0.2) is 36.7 Å². The maximum absolute atomic E-state index is 12.4. The summed E-state index contributed by atoms with van der Waals surface area (Å²) in [6, 6.07) is 9.65. The lowest BCUT2D eigenvalue weighted by molar-refractivity contribution is -0.928. The maximum atomic E-state index is 12.4. The molecule has 1 fully saturated rings. The van der Waals surface area contributed by atoms with E-state index >= 15 is 0 Å². The largest absolute Gasteiger partial charge is 0.326 e. The molecule has 0 radical (unpaired) electrons. The Hall–Kier alpha value is -1.99. The highest BCUT2D eigenvalue weighted by Crippen LogP contribution is 2.14. The summed E-state index contributed by atoms with van der Waals surface area (Å²) in [7, 11) is 0. The van der Waals surface area contributed by atoms with Crippen molar-refractivity contribution in [2.24, 2.45) is 5.92 Å². The predicted octanol–water partition coefficient (Wildman–Crippen LogP) is 1.33. The minimum absolute atomic E-state index is 0.0927. The van der Waals surface area contributed by atoms with Gasteiger partial charge in [0.25, 0.3) is 0 Å². The second kappa shape index (κ2) is 7.72. The van der Waals surface area contributed by atoms with E-state index < -0.39 is 0 Å². The third-order valence-corrected chi connectivity index (χ3v) is 5.06. The van der Waals surface area contributed by atoms with Crippen LogP contribution in [0.4, 0.5) is 5.69 Å². The number of hydrogen-bond acceptors (Lipinski definition) is 3. The quantitative estimate of drug-likeness (QED) is 0.803. The van der Waals surface area contributed by atoms with E-state index in [1.165, 1.54) is 4.90 Å². The van der Waals surface area contributed by atoms with Crippen LogP contribution in [0.5, 0.6) is 0 Å². The molecule has 1 aromatic carbocycles. The van der Waals surface area contributed by atoms with Crippen molar-refractivity contribution in [3.05, 3.63) is 41.4 Å². The molecule has 0 saturated carbocycles. The van der Waals surface area contributed by atoms with E-state index in [1.807, 2.05) is 39.6 Å². The number of nitrogens with zero attached hydrogens (tertiary/aromatic N) is 3. The van der Waals surface area contributed by atoms with Crippen molar-refractivity contribution in [1.29, 1.82) is 0 Å². The first kappa shape index (κ1) is 16.9. The highest BCUT2D eigenvalue weighted by Gasteiger charge is 2.27. The molecular formula is C17H24N5OS+. The molecule has 2 aromatic rings. The van der Waals surface area contributed by atoms with E-state index in [2.05, 4.69) is 17.3 Å². The van der Waals surface area contributed by atoms with E-state index in [0.29, 0.717) is 0 Å². The second-order valence-electron chi connectivity index (χ2n) is 6.24. The molecule has 24 heavy (non-hydrogen) atoms. The summed E-state index contributed by atoms with van der Waals surface area (Å²) in [4.78, 5) is 13.8. The fraction of sp³-hybridized carbons (Fsp3) is 0.471. The number of amides is 1. The lowest BCUT2D eigenvalue weighted by Crippen LogP contribution is -3.12. The first-order valence-electron chi connectivity index (χ1n) is 8.49. The molecule has 0 unspecified atom stereocenters. The third kappa shape index (κ3) is 3.91. The number of carbonyl (C=O) groups is 1. The van der Waals surface area contributed by atoms with Gasteiger partial charge in [0.1, 0.15) is 6.33 Å². The number of benzene rings is 1. The number of carbonyl (C=O) groups excluding carboxylic acids is 1. The van der Waals surface area contributed by atoms with Gasteiger partial charge in [-0.3, -0.25) is 4.79 Å². The normalized spacial score (nSPS) is 20.7. The third-order valence-electron chi connectivity index (χ3n) is 4.62. The topological polar surface area (TPSA) is 56.3 Å². The number of hydrogen-bond donors (Lipinski definition) is 2. The maximum Gasteiger partial charge on any atom is 0.227 e. The first-order valence-corrected chi connectivity index (χ1v) is 8.90. The van der Waals surface area contributed by atoms with Gasteiger partial charge in [-0.05, 0) is 31.3 Å². The van der Waals surface area contributed by atoms with Gasteiger partial charge in [-0.1, -0.05) is 18.2 Å². The summed E-state index contributed by atoms with van der Waals surface area (Å²) in [5.74, 6) is 0.224. The van der Waals surface area contributed by atoms with Gasteiger partial charge in [0, 0.05) is 31.0 Å². The van der Waals surface area contributed by atoms with Gasteiger partial charge >= 0.3 is 0 Å². The molecule has 0 aliphatic carbocycles. The van der Waals surface area contributed by atoms with Crippen LogP contribution in [0.1, 0.15) is 19.8 Å². The van der Waals surface area contributed by atoms with Gasteiger partial charge in [0.05, 0.1) is 13.1 Å². The summed E-state index contributed by atoms with van der Waals surface area (Å²) in [5, 5.41) is 7.38. The molecule has 1 saturated heterocycles. The van der Waals surface area contributed by atoms with Crippen LogP contribution in [0.3, 0.4) is 0 Å². The van der Waals surface area contributed by atoms with E-state index in [9.17, 15) is 4.79 Å². The Bertz CT molecular complexity index is 731. The minimum atomic E-state index is 0.0927. The van der Waals surface area contributed by atoms with Crippen molar-refractivity contribution in [2.75, 3.05) is 18.4 Å². The summed E-state index contributed by atoms with van der Waals surface area (Å²) in [6.45, 7) is 5.61. The number of aromatic nitrogens is 3. The van der Waals surface area contributed by atoms with Gasteiger partial charge in [-0.25, -0.2) is 0 Å². The van der Waals surface area contributed by atoms with Gasteiger partial charge in [-0.15, -0.1) is 0 Å². The van der Waals surface area contributed by atoms with Gasteiger partial charge < -0.3 is 14.8 Å². The highest BCUT2D eigenvalue weighted by atomic mass is 32.1. The van der Waals surface area contributed by atoms with Crippen LogP contribution in [0.2, 0.25) is 0 Å². The Labute approximate surface area is 147 Å². The number of likely N-dealkylation sites (tertiary alicyclic amines) is 1. The molecule has 0 atom stereocenters. The number of piperidine rings is 1. The Morgan fingerprint density at radius 2 is 2.04 bits per heavy atom. The van der Waals surface area contributed by atoms with Crippen molar-refractivity contribution in [3.63, 3.8) is 0 Å². The molecule has 1 amide bonds. The average molecular weight is 346 g/mol. The average Bonchev–Trinajstić information content (AvgIpc) is 2.96. The highest BCUT2D eigenvalue weighted by molar-refractivity contribution is 7.71. The van der Waals surface area contributed by atoms with Crippen LogP contribution in [0, 0.1) is 10.7 Å². The first-order chi connectivity index (χ1) is 11.7. The Morgan fingerprint density at radius 3 is 2.67 bits per heavy atom. The molecule has 2 heterocycles. The summed E-state index contributed by atoms with van der Waals surface area (Å²) in [6.07, 6.45) is 3.59. The molecule has 3 rings (SSSR count). The molecule has 7 heteroatoms. The smallest absolute Gasteiger partial charge is 0.227 e. The molecular weight excluding hydrogens is 322 g/mol. The van der Waals surface area contributed by atoms with Crippen LogP contribution < -0.4 is 10.2 Å². The molecule has 128 valence electrons. The summed E-state index contributed by atoms with van der Waals surface area (Å²) < 4.78 is 4.63. The summed E-state index contributed by atoms with van der Waals surface area (Å²) >= 11 is 5.42. The second-order valence-corrected chi connectivity index (χ2v) is 6.60. The van der Waals surface area contributed by atoms with Crippen LogP contribution in [-0.2, 0) is 18.0 Å². The summed E-state index contributed by atoms with van der Waals surface area (Å²) in [5.41, 5.74) is 0.869. The van der Waals surface area contributed by atoms with Crippen LogP contribution in [0.25, 0.3) is 0 Å². The van der Waals surface area contributed by atoms with E-state index in [-0.39, 0.29) is 11.8 Å². The molecule has 0 spiro atoms. The van der Waals surface area contributed by atoms with E-state index in [4.69, 9.17) is 12.2 Å². The fourth-order valence-electron chi connectivity index (χ4n) is 3.12. The number of nitrogens with one attached hydrogen (secondary N) is 2. The van der Waals surface area contributed by atoms with Gasteiger partial charge in [0.15, 0.2) is 6.67 Å². The fourth-order valence-corrected chi connectivity index (χ4v) is 3.41. The number of aryl methyl sites for hydroxylation is 1. The van der Waals surface area contributed by atoms with Crippen LogP contribution in [-0.4, -0.2) is 33.3 Å². The zero-order valence-corrected chi connectivity index (χ0v) is 14.8. The van der Waals surface area contributed by atoms with Crippen molar-refractivity contribution >= 4 is 23.8 Å². The minimum Gasteiger partial charge on any atom is -0.326 e. The molecule has 1 aliphatic heterocycles. The van der Waals surface area contributed by atoms with Crippen molar-refractivity contribution < 1.29 is 9.69 Å². The lowest BCUT2D eigenvalue weighted by Gasteiger charge is -2.28. The van der Waals surface area contributed by atoms with E-state index in [0.717, 1.165) is 49.6 Å². The molecule has 0 bridgehead atoms. The lowest BCUT2D eigenvalue weighted by atomic mass is 9.96. The zero-order valence-electron chi connectivity index (χ0n) is 13.9. The SMILES string of the molecule is CCn1cnn(C[NH+]2CCC(C(=O)Nc3ccccc3)CC2)c1=S. The molecule has 1 aromatic heterocycles.